The molecule has 0 atom stereocenters. The molecule has 3 N–H and O–H groups in total. The number of primary amides is 1. The minimum atomic E-state index is -0.554. The number of nitrogens with zero attached hydrogens (tertiary/aromatic N) is 1. The van der Waals surface area contributed by atoms with Crippen molar-refractivity contribution in [1.29, 1.82) is 0 Å². The van der Waals surface area contributed by atoms with Gasteiger partial charge in [-0.2, -0.15) is 0 Å². The second-order valence-corrected chi connectivity index (χ2v) is 6.48. The van der Waals surface area contributed by atoms with Gasteiger partial charge in [-0.25, -0.2) is 4.98 Å². The first-order chi connectivity index (χ1) is 11.9. The normalized spacial score (nSPS) is 10.8. The first-order valence-electron chi connectivity index (χ1n) is 7.47. The van der Waals surface area contributed by atoms with Crippen molar-refractivity contribution in [2.75, 3.05) is 14.2 Å². The molecular weight excluding hydrogens is 342 g/mol. The molecule has 0 fully saturated rings. The molecule has 8 heteroatoms. The molecule has 0 aliphatic carbocycles. The Kier molecular flexibility index (Phi) is 4.45. The van der Waals surface area contributed by atoms with Gasteiger partial charge in [0.25, 0.3) is 11.5 Å². The Morgan fingerprint density at radius 2 is 2.00 bits per heavy atom. The Bertz CT molecular complexity index is 1020. The molecule has 2 aromatic heterocycles. The van der Waals surface area contributed by atoms with Gasteiger partial charge in [0.05, 0.1) is 24.5 Å². The van der Waals surface area contributed by atoms with E-state index in [2.05, 4.69) is 9.97 Å². The molecule has 1 aromatic carbocycles. The molecule has 2 heterocycles. The average molecular weight is 359 g/mol. The van der Waals surface area contributed by atoms with Crippen LogP contribution < -0.4 is 20.8 Å². The number of ether oxygens (including phenoxy) is 2. The lowest BCUT2D eigenvalue weighted by Gasteiger charge is -2.09. The maximum Gasteiger partial charge on any atom is 0.259 e. The third-order valence-corrected chi connectivity index (χ3v) is 5.09. The number of hydrogen-bond acceptors (Lipinski definition) is 6. The first kappa shape index (κ1) is 17.0. The number of H-pyrrole nitrogens is 1. The zero-order valence-electron chi connectivity index (χ0n) is 14.0. The van der Waals surface area contributed by atoms with E-state index in [-0.39, 0.29) is 5.56 Å². The van der Waals surface area contributed by atoms with Crippen LogP contribution in [0.25, 0.3) is 10.2 Å². The summed E-state index contributed by atoms with van der Waals surface area (Å²) in [7, 11) is 3.13. The number of amides is 1. The molecule has 7 nitrogen and oxygen atoms in total. The Balaban J connectivity index is 2.03. The number of aromatic amines is 1. The number of benzene rings is 1. The van der Waals surface area contributed by atoms with Crippen molar-refractivity contribution in [3.63, 3.8) is 0 Å². The van der Waals surface area contributed by atoms with E-state index in [4.69, 9.17) is 15.2 Å². The van der Waals surface area contributed by atoms with Gasteiger partial charge >= 0.3 is 0 Å². The molecule has 0 spiro atoms. The quantitative estimate of drug-likeness (QED) is 0.724. The monoisotopic (exact) mass is 359 g/mol. The number of thiophene rings is 1. The van der Waals surface area contributed by atoms with Crippen molar-refractivity contribution in [1.82, 2.24) is 9.97 Å². The predicted octanol–water partition coefficient (Wildman–Crippen LogP) is 2.00. The number of hydrogen-bond donors (Lipinski definition) is 2. The molecule has 0 saturated carbocycles. The minimum Gasteiger partial charge on any atom is -0.493 e. The number of rotatable bonds is 5. The molecule has 3 aromatic rings. The highest BCUT2D eigenvalue weighted by atomic mass is 32.1. The van der Waals surface area contributed by atoms with Gasteiger partial charge in [0, 0.05) is 6.42 Å². The number of fused-ring (bicyclic) bond motifs is 1. The van der Waals surface area contributed by atoms with E-state index in [1.807, 2.05) is 12.1 Å². The zero-order chi connectivity index (χ0) is 18.1. The third-order valence-electron chi connectivity index (χ3n) is 3.89. The van der Waals surface area contributed by atoms with Crippen LogP contribution in [0, 0.1) is 6.92 Å². The topological polar surface area (TPSA) is 107 Å². The van der Waals surface area contributed by atoms with Crippen molar-refractivity contribution >= 4 is 27.5 Å². The highest BCUT2D eigenvalue weighted by Crippen LogP contribution is 2.29. The average Bonchev–Trinajstić information content (AvgIpc) is 2.92. The van der Waals surface area contributed by atoms with Crippen molar-refractivity contribution < 1.29 is 14.3 Å². The van der Waals surface area contributed by atoms with Crippen LogP contribution >= 0.6 is 11.3 Å². The van der Waals surface area contributed by atoms with Crippen LogP contribution in [0.15, 0.2) is 23.0 Å². The van der Waals surface area contributed by atoms with Crippen molar-refractivity contribution in [3.8, 4) is 11.5 Å². The summed E-state index contributed by atoms with van der Waals surface area (Å²) in [5, 5.41) is 0.412. The number of carbonyl (C=O) groups is 1. The van der Waals surface area contributed by atoms with Crippen LogP contribution in [-0.4, -0.2) is 30.1 Å². The van der Waals surface area contributed by atoms with Gasteiger partial charge in [0.2, 0.25) is 0 Å². The summed E-state index contributed by atoms with van der Waals surface area (Å²) < 4.78 is 10.5. The van der Waals surface area contributed by atoms with Crippen LogP contribution in [0.1, 0.15) is 26.6 Å². The summed E-state index contributed by atoms with van der Waals surface area (Å²) in [6, 6.07) is 5.50. The molecule has 0 saturated heterocycles. The molecule has 0 radical (unpaired) electrons. The molecule has 1 amide bonds. The number of nitrogens with two attached hydrogens (primary N) is 1. The number of carbonyl (C=O) groups excluding carboxylic acids is 1. The van der Waals surface area contributed by atoms with Gasteiger partial charge in [-0.1, -0.05) is 6.07 Å². The number of methoxy groups -OCH3 is 2. The van der Waals surface area contributed by atoms with Crippen LogP contribution in [0.3, 0.4) is 0 Å². The lowest BCUT2D eigenvalue weighted by Crippen LogP contribution is -2.13. The van der Waals surface area contributed by atoms with Crippen molar-refractivity contribution in [2.45, 2.75) is 13.3 Å². The fourth-order valence-electron chi connectivity index (χ4n) is 2.69. The van der Waals surface area contributed by atoms with E-state index in [1.165, 1.54) is 0 Å². The summed E-state index contributed by atoms with van der Waals surface area (Å²) in [6.45, 7) is 1.70. The summed E-state index contributed by atoms with van der Waals surface area (Å²) in [5.74, 6) is 1.18. The second-order valence-electron chi connectivity index (χ2n) is 5.48. The maximum absolute atomic E-state index is 12.4. The molecular formula is C17H17N3O4S. The largest absolute Gasteiger partial charge is 0.493 e. The predicted molar refractivity (Wildman–Crippen MR) is 95.8 cm³/mol. The van der Waals surface area contributed by atoms with E-state index in [0.29, 0.717) is 44.4 Å². The van der Waals surface area contributed by atoms with E-state index in [1.54, 1.807) is 27.2 Å². The van der Waals surface area contributed by atoms with Crippen molar-refractivity contribution in [3.05, 3.63) is 50.4 Å². The standard InChI is InChI=1S/C17H17N3O4S/c1-8-13-16(22)19-12(20-17(13)25-14(8)15(18)21)7-9-4-5-10(23-2)11(6-9)24-3/h4-6H,7H2,1-3H3,(H2,18,21)(H,19,20,22). The van der Waals surface area contributed by atoms with Gasteiger partial charge in [0.1, 0.15) is 10.7 Å². The van der Waals surface area contributed by atoms with Crippen LogP contribution in [0.5, 0.6) is 11.5 Å². The van der Waals surface area contributed by atoms with Crippen LogP contribution in [0.2, 0.25) is 0 Å². The Labute approximate surface area is 147 Å². The summed E-state index contributed by atoms with van der Waals surface area (Å²) in [5.41, 5.74) is 6.55. The Morgan fingerprint density at radius 1 is 1.28 bits per heavy atom. The van der Waals surface area contributed by atoms with Gasteiger partial charge in [-0.15, -0.1) is 11.3 Å². The molecule has 0 aliphatic rings. The third kappa shape index (κ3) is 3.08. The highest BCUT2D eigenvalue weighted by molar-refractivity contribution is 7.20. The van der Waals surface area contributed by atoms with Crippen molar-refractivity contribution in [2.24, 2.45) is 5.73 Å². The number of nitrogens with one attached hydrogen (secondary N) is 1. The minimum absolute atomic E-state index is 0.276. The summed E-state index contributed by atoms with van der Waals surface area (Å²) >= 11 is 1.13. The molecule has 3 rings (SSSR count). The lowest BCUT2D eigenvalue weighted by molar-refractivity contribution is 0.100. The van der Waals surface area contributed by atoms with Gasteiger partial charge < -0.3 is 20.2 Å². The number of aryl methyl sites for hydroxylation is 1. The van der Waals surface area contributed by atoms with Gasteiger partial charge in [-0.05, 0) is 30.2 Å². The summed E-state index contributed by atoms with van der Waals surface area (Å²) in [4.78, 5) is 32.0. The highest BCUT2D eigenvalue weighted by Gasteiger charge is 2.17. The Hall–Kier alpha value is -2.87. The van der Waals surface area contributed by atoms with E-state index in [9.17, 15) is 9.59 Å². The molecule has 0 unspecified atom stereocenters. The van der Waals surface area contributed by atoms with E-state index < -0.39 is 5.91 Å². The molecule has 25 heavy (non-hydrogen) atoms. The van der Waals surface area contributed by atoms with Gasteiger partial charge in [-0.3, -0.25) is 9.59 Å². The lowest BCUT2D eigenvalue weighted by atomic mass is 10.1. The number of aromatic nitrogens is 2. The fourth-order valence-corrected chi connectivity index (χ4v) is 3.74. The smallest absolute Gasteiger partial charge is 0.259 e. The van der Waals surface area contributed by atoms with Crippen LogP contribution in [-0.2, 0) is 6.42 Å². The SMILES string of the molecule is COc1ccc(Cc2nc3sc(C(N)=O)c(C)c3c(=O)[nH]2)cc1OC. The van der Waals surface area contributed by atoms with E-state index in [0.717, 1.165) is 16.9 Å². The van der Waals surface area contributed by atoms with Gasteiger partial charge in [0.15, 0.2) is 11.5 Å². The second kappa shape index (κ2) is 6.56. The molecule has 0 bridgehead atoms. The van der Waals surface area contributed by atoms with E-state index >= 15 is 0 Å². The maximum atomic E-state index is 12.4. The molecule has 0 aliphatic heterocycles. The molecule has 130 valence electrons. The zero-order valence-corrected chi connectivity index (χ0v) is 14.8. The summed E-state index contributed by atoms with van der Waals surface area (Å²) in [6.07, 6.45) is 0.411. The van der Waals surface area contributed by atoms with Crippen LogP contribution in [0.4, 0.5) is 0 Å². The fraction of sp³-hybridized carbons (Fsp3) is 0.235. The first-order valence-corrected chi connectivity index (χ1v) is 8.29. The Morgan fingerprint density at radius 3 is 2.64 bits per heavy atom.